The van der Waals surface area contributed by atoms with Gasteiger partial charge in [0.15, 0.2) is 5.78 Å². The molecule has 1 aromatic carbocycles. The van der Waals surface area contributed by atoms with Crippen LogP contribution >= 0.6 is 11.3 Å². The molecular weight excluding hydrogens is 277 g/mol. The standard InChI is InChI=1S/C15H14FNO2S/c1-9(11-3-5-12(16)6-4-11)17-15(19)14-8-7-13(20-14)10(2)18/h3-9H,1-2H3,(H,17,19). The van der Waals surface area contributed by atoms with Crippen LogP contribution in [0.15, 0.2) is 36.4 Å². The monoisotopic (exact) mass is 291 g/mol. The van der Waals surface area contributed by atoms with Crippen LogP contribution in [0, 0.1) is 5.82 Å². The molecule has 1 heterocycles. The number of Topliss-reactive ketones (excluding diaryl/α,β-unsaturated/α-hetero) is 1. The molecule has 0 aliphatic rings. The van der Waals surface area contributed by atoms with Gasteiger partial charge < -0.3 is 5.32 Å². The maximum Gasteiger partial charge on any atom is 0.261 e. The van der Waals surface area contributed by atoms with Crippen molar-refractivity contribution in [1.29, 1.82) is 0 Å². The molecule has 0 spiro atoms. The molecule has 0 fully saturated rings. The van der Waals surface area contributed by atoms with Gasteiger partial charge in [-0.1, -0.05) is 12.1 Å². The number of hydrogen-bond acceptors (Lipinski definition) is 3. The van der Waals surface area contributed by atoms with Crippen LogP contribution in [0.25, 0.3) is 0 Å². The second-order valence-corrected chi connectivity index (χ2v) is 5.55. The van der Waals surface area contributed by atoms with E-state index in [0.717, 1.165) is 5.56 Å². The predicted octanol–water partition coefficient (Wildman–Crippen LogP) is 3.58. The molecule has 2 rings (SSSR count). The normalized spacial score (nSPS) is 11.9. The summed E-state index contributed by atoms with van der Waals surface area (Å²) in [4.78, 5) is 24.3. The van der Waals surface area contributed by atoms with Gasteiger partial charge in [0.2, 0.25) is 0 Å². The number of ketones is 1. The molecule has 0 saturated heterocycles. The van der Waals surface area contributed by atoms with E-state index in [-0.39, 0.29) is 23.5 Å². The lowest BCUT2D eigenvalue weighted by molar-refractivity contribution is 0.0943. The molecule has 2 aromatic rings. The van der Waals surface area contributed by atoms with Crippen molar-refractivity contribution in [3.8, 4) is 0 Å². The molecule has 0 bridgehead atoms. The van der Waals surface area contributed by atoms with Crippen molar-refractivity contribution in [1.82, 2.24) is 5.32 Å². The number of rotatable bonds is 4. The first-order valence-electron chi connectivity index (χ1n) is 6.14. The van der Waals surface area contributed by atoms with Gasteiger partial charge in [-0.05, 0) is 43.7 Å². The maximum atomic E-state index is 12.8. The number of hydrogen-bond donors (Lipinski definition) is 1. The van der Waals surface area contributed by atoms with Gasteiger partial charge in [0.25, 0.3) is 5.91 Å². The Morgan fingerprint density at radius 1 is 1.10 bits per heavy atom. The molecule has 104 valence electrons. The van der Waals surface area contributed by atoms with E-state index in [1.54, 1.807) is 24.3 Å². The van der Waals surface area contributed by atoms with Gasteiger partial charge in [0.1, 0.15) is 5.82 Å². The smallest absolute Gasteiger partial charge is 0.261 e. The number of carbonyl (C=O) groups excluding carboxylic acids is 2. The van der Waals surface area contributed by atoms with Gasteiger partial charge in [-0.3, -0.25) is 9.59 Å². The Morgan fingerprint density at radius 3 is 2.25 bits per heavy atom. The Kier molecular flexibility index (Phi) is 4.29. The third kappa shape index (κ3) is 3.30. The lowest BCUT2D eigenvalue weighted by Gasteiger charge is -2.13. The summed E-state index contributed by atoms with van der Waals surface area (Å²) in [6.07, 6.45) is 0. The average molecular weight is 291 g/mol. The average Bonchev–Trinajstić information content (AvgIpc) is 2.89. The SMILES string of the molecule is CC(=O)c1ccc(C(=O)NC(C)c2ccc(F)cc2)s1. The van der Waals surface area contributed by atoms with Crippen LogP contribution in [0.2, 0.25) is 0 Å². The fourth-order valence-corrected chi connectivity index (χ4v) is 2.56. The lowest BCUT2D eigenvalue weighted by Crippen LogP contribution is -2.25. The van der Waals surface area contributed by atoms with Gasteiger partial charge >= 0.3 is 0 Å². The molecule has 1 N–H and O–H groups in total. The highest BCUT2D eigenvalue weighted by Crippen LogP contribution is 2.19. The van der Waals surface area contributed by atoms with Crippen molar-refractivity contribution in [2.45, 2.75) is 19.9 Å². The van der Waals surface area contributed by atoms with E-state index in [4.69, 9.17) is 0 Å². The van der Waals surface area contributed by atoms with E-state index in [9.17, 15) is 14.0 Å². The molecular formula is C15H14FNO2S. The van der Waals surface area contributed by atoms with Gasteiger partial charge in [0, 0.05) is 0 Å². The first kappa shape index (κ1) is 14.4. The fourth-order valence-electron chi connectivity index (χ4n) is 1.75. The summed E-state index contributed by atoms with van der Waals surface area (Å²) in [7, 11) is 0. The van der Waals surface area contributed by atoms with Gasteiger partial charge in [-0.15, -0.1) is 11.3 Å². The Labute approximate surface area is 120 Å². The molecule has 1 aromatic heterocycles. The first-order valence-corrected chi connectivity index (χ1v) is 6.96. The van der Waals surface area contributed by atoms with E-state index >= 15 is 0 Å². The molecule has 0 saturated carbocycles. The summed E-state index contributed by atoms with van der Waals surface area (Å²) in [5, 5.41) is 2.82. The van der Waals surface area contributed by atoms with E-state index in [1.807, 2.05) is 6.92 Å². The van der Waals surface area contributed by atoms with Crippen molar-refractivity contribution in [2.75, 3.05) is 0 Å². The summed E-state index contributed by atoms with van der Waals surface area (Å²) in [5.74, 6) is -0.600. The van der Waals surface area contributed by atoms with E-state index < -0.39 is 0 Å². The van der Waals surface area contributed by atoms with Gasteiger partial charge in [0.05, 0.1) is 15.8 Å². The Balaban J connectivity index is 2.06. The highest BCUT2D eigenvalue weighted by Gasteiger charge is 2.14. The largest absolute Gasteiger partial charge is 0.345 e. The summed E-state index contributed by atoms with van der Waals surface area (Å²) in [5.41, 5.74) is 0.822. The van der Waals surface area contributed by atoms with Crippen molar-refractivity contribution in [3.05, 3.63) is 57.5 Å². The molecule has 3 nitrogen and oxygen atoms in total. The maximum absolute atomic E-state index is 12.8. The minimum Gasteiger partial charge on any atom is -0.345 e. The highest BCUT2D eigenvalue weighted by molar-refractivity contribution is 7.15. The zero-order valence-electron chi connectivity index (χ0n) is 11.1. The topological polar surface area (TPSA) is 46.2 Å². The molecule has 1 unspecified atom stereocenters. The van der Waals surface area contributed by atoms with Crippen molar-refractivity contribution >= 4 is 23.0 Å². The summed E-state index contributed by atoms with van der Waals surface area (Å²) in [6, 6.07) is 9.03. The quantitative estimate of drug-likeness (QED) is 0.875. The fraction of sp³-hybridized carbons (Fsp3) is 0.200. The van der Waals surface area contributed by atoms with Crippen molar-refractivity contribution < 1.29 is 14.0 Å². The Morgan fingerprint density at radius 2 is 1.70 bits per heavy atom. The van der Waals surface area contributed by atoms with Crippen LogP contribution in [-0.4, -0.2) is 11.7 Å². The zero-order valence-corrected chi connectivity index (χ0v) is 12.0. The Bertz CT molecular complexity index is 634. The number of carbonyl (C=O) groups is 2. The van der Waals surface area contributed by atoms with E-state index in [0.29, 0.717) is 9.75 Å². The number of benzene rings is 1. The second kappa shape index (κ2) is 5.96. The van der Waals surface area contributed by atoms with Crippen molar-refractivity contribution in [3.63, 3.8) is 0 Å². The highest BCUT2D eigenvalue weighted by atomic mass is 32.1. The number of thiophene rings is 1. The molecule has 0 radical (unpaired) electrons. The summed E-state index contributed by atoms with van der Waals surface area (Å²) >= 11 is 1.17. The van der Waals surface area contributed by atoms with E-state index in [1.165, 1.54) is 30.4 Å². The zero-order chi connectivity index (χ0) is 14.7. The number of amides is 1. The summed E-state index contributed by atoms with van der Waals surface area (Å²) < 4.78 is 12.8. The van der Waals surface area contributed by atoms with Gasteiger partial charge in [-0.25, -0.2) is 4.39 Å². The third-order valence-corrected chi connectivity index (χ3v) is 4.08. The molecule has 1 amide bonds. The lowest BCUT2D eigenvalue weighted by atomic mass is 10.1. The molecule has 0 aliphatic carbocycles. The van der Waals surface area contributed by atoms with E-state index in [2.05, 4.69) is 5.32 Å². The third-order valence-electron chi connectivity index (χ3n) is 2.89. The number of nitrogens with one attached hydrogen (secondary N) is 1. The number of halogens is 1. The molecule has 1 atom stereocenters. The summed E-state index contributed by atoms with van der Waals surface area (Å²) in [6.45, 7) is 3.29. The molecule has 20 heavy (non-hydrogen) atoms. The van der Waals surface area contributed by atoms with Crippen LogP contribution in [0.4, 0.5) is 4.39 Å². The minimum absolute atomic E-state index is 0.0550. The molecule has 0 aliphatic heterocycles. The van der Waals surface area contributed by atoms with Crippen LogP contribution in [0.3, 0.4) is 0 Å². The van der Waals surface area contributed by atoms with Crippen LogP contribution in [-0.2, 0) is 0 Å². The minimum atomic E-state index is -0.309. The van der Waals surface area contributed by atoms with Crippen LogP contribution < -0.4 is 5.32 Å². The Hall–Kier alpha value is -2.01. The predicted molar refractivity (Wildman–Crippen MR) is 76.6 cm³/mol. The van der Waals surface area contributed by atoms with Crippen LogP contribution in [0.1, 0.15) is 44.8 Å². The van der Waals surface area contributed by atoms with Crippen molar-refractivity contribution in [2.24, 2.45) is 0 Å². The first-order chi connectivity index (χ1) is 9.47. The second-order valence-electron chi connectivity index (χ2n) is 4.47. The van der Waals surface area contributed by atoms with Crippen LogP contribution in [0.5, 0.6) is 0 Å². The van der Waals surface area contributed by atoms with Gasteiger partial charge in [-0.2, -0.15) is 0 Å². The molecule has 5 heteroatoms.